The monoisotopic (exact) mass is 273 g/mol. The van der Waals surface area contributed by atoms with E-state index in [2.05, 4.69) is 23.0 Å². The van der Waals surface area contributed by atoms with Crippen molar-refractivity contribution in [2.75, 3.05) is 0 Å². The molecule has 3 heterocycles. The van der Waals surface area contributed by atoms with Gasteiger partial charge in [0.2, 0.25) is 0 Å². The van der Waals surface area contributed by atoms with E-state index in [0.717, 1.165) is 42.6 Å². The van der Waals surface area contributed by atoms with E-state index in [0.29, 0.717) is 12.1 Å². The van der Waals surface area contributed by atoms with Crippen LogP contribution in [0.1, 0.15) is 54.4 Å². The second-order valence-electron chi connectivity index (χ2n) is 6.12. The fourth-order valence-electron chi connectivity index (χ4n) is 3.83. The van der Waals surface area contributed by atoms with E-state index in [4.69, 9.17) is 0 Å². The molecule has 2 bridgehead atoms. The highest BCUT2D eigenvalue weighted by molar-refractivity contribution is 5.97. The van der Waals surface area contributed by atoms with Crippen molar-refractivity contribution in [2.45, 2.75) is 58.5 Å². The number of amides is 1. The van der Waals surface area contributed by atoms with E-state index in [1.165, 1.54) is 5.57 Å². The molecular formula is C16H23N3O. The van der Waals surface area contributed by atoms with Crippen molar-refractivity contribution in [1.29, 1.82) is 0 Å². The zero-order valence-electron chi connectivity index (χ0n) is 12.8. The number of nitrogens with zero attached hydrogens (tertiary/aromatic N) is 3. The Morgan fingerprint density at radius 2 is 1.85 bits per heavy atom. The number of aryl methyl sites for hydroxylation is 2. The van der Waals surface area contributed by atoms with Gasteiger partial charge in [0.15, 0.2) is 0 Å². The Morgan fingerprint density at radius 1 is 1.25 bits per heavy atom. The number of carbonyl (C=O) groups is 1. The van der Waals surface area contributed by atoms with Crippen molar-refractivity contribution in [2.24, 2.45) is 7.05 Å². The average Bonchev–Trinajstić information content (AvgIpc) is 2.82. The maximum atomic E-state index is 13.0. The molecule has 0 aliphatic carbocycles. The molecule has 1 aromatic heterocycles. The second kappa shape index (κ2) is 4.76. The van der Waals surface area contributed by atoms with Gasteiger partial charge in [-0.1, -0.05) is 11.6 Å². The number of hydrogen-bond acceptors (Lipinski definition) is 2. The van der Waals surface area contributed by atoms with Gasteiger partial charge in [-0.05, 0) is 46.5 Å². The van der Waals surface area contributed by atoms with Gasteiger partial charge in [-0.2, -0.15) is 5.10 Å². The standard InChI is InChI=1S/C16H23N3O/c1-5-12-8-13-6-7-14(9-12)19(13)16(20)15-10(2)17-18(4)11(15)3/h5,13-14H,6-9H2,1-4H3. The molecule has 2 saturated heterocycles. The second-order valence-corrected chi connectivity index (χ2v) is 6.12. The van der Waals surface area contributed by atoms with Gasteiger partial charge in [0.1, 0.15) is 0 Å². The number of fused-ring (bicyclic) bond motifs is 2. The molecule has 2 fully saturated rings. The molecule has 2 unspecified atom stereocenters. The molecule has 4 heteroatoms. The van der Waals surface area contributed by atoms with Gasteiger partial charge in [-0.15, -0.1) is 0 Å². The molecule has 0 N–H and O–H groups in total. The summed E-state index contributed by atoms with van der Waals surface area (Å²) in [5.41, 5.74) is 4.16. The molecule has 20 heavy (non-hydrogen) atoms. The molecule has 2 aliphatic rings. The summed E-state index contributed by atoms with van der Waals surface area (Å²) in [5, 5.41) is 4.39. The Kier molecular flexibility index (Phi) is 3.19. The lowest BCUT2D eigenvalue weighted by molar-refractivity contribution is 0.0633. The summed E-state index contributed by atoms with van der Waals surface area (Å²) in [6, 6.07) is 0.790. The van der Waals surface area contributed by atoms with Gasteiger partial charge >= 0.3 is 0 Å². The third-order valence-corrected chi connectivity index (χ3v) is 4.98. The van der Waals surface area contributed by atoms with Gasteiger partial charge in [0, 0.05) is 24.8 Å². The van der Waals surface area contributed by atoms with Gasteiger partial charge in [0.25, 0.3) is 5.91 Å². The summed E-state index contributed by atoms with van der Waals surface area (Å²) in [5.74, 6) is 0.191. The molecule has 4 nitrogen and oxygen atoms in total. The molecular weight excluding hydrogens is 250 g/mol. The highest BCUT2D eigenvalue weighted by Gasteiger charge is 2.42. The first-order valence-corrected chi connectivity index (χ1v) is 7.49. The van der Waals surface area contributed by atoms with Crippen molar-refractivity contribution in [1.82, 2.24) is 14.7 Å². The lowest BCUT2D eigenvalue weighted by Crippen LogP contribution is -2.45. The minimum Gasteiger partial charge on any atom is -0.332 e. The van der Waals surface area contributed by atoms with Gasteiger partial charge < -0.3 is 4.90 Å². The minimum absolute atomic E-state index is 0.191. The Hall–Kier alpha value is -1.58. The van der Waals surface area contributed by atoms with E-state index < -0.39 is 0 Å². The molecule has 2 atom stereocenters. The molecule has 0 saturated carbocycles. The minimum atomic E-state index is 0.191. The van der Waals surface area contributed by atoms with Crippen LogP contribution in [-0.2, 0) is 7.05 Å². The fraction of sp³-hybridized carbons (Fsp3) is 0.625. The Labute approximate surface area is 120 Å². The van der Waals surface area contributed by atoms with Crippen molar-refractivity contribution in [3.05, 3.63) is 28.6 Å². The van der Waals surface area contributed by atoms with Crippen LogP contribution in [-0.4, -0.2) is 32.7 Å². The van der Waals surface area contributed by atoms with E-state index >= 15 is 0 Å². The SMILES string of the molecule is CC=C1CC2CCC(C1)N2C(=O)c1c(C)nn(C)c1C. The molecule has 3 rings (SSSR count). The highest BCUT2D eigenvalue weighted by atomic mass is 16.2. The van der Waals surface area contributed by atoms with E-state index in [9.17, 15) is 4.79 Å². The molecule has 0 radical (unpaired) electrons. The lowest BCUT2D eigenvalue weighted by atomic mass is 9.95. The topological polar surface area (TPSA) is 38.1 Å². The largest absolute Gasteiger partial charge is 0.332 e. The lowest BCUT2D eigenvalue weighted by Gasteiger charge is -2.36. The number of aromatic nitrogens is 2. The first-order chi connectivity index (χ1) is 9.52. The molecule has 2 aliphatic heterocycles. The van der Waals surface area contributed by atoms with Crippen molar-refractivity contribution < 1.29 is 4.79 Å². The maximum absolute atomic E-state index is 13.0. The van der Waals surface area contributed by atoms with Crippen molar-refractivity contribution in [3.63, 3.8) is 0 Å². The van der Waals surface area contributed by atoms with Crippen molar-refractivity contribution in [3.8, 4) is 0 Å². The van der Waals surface area contributed by atoms with Gasteiger partial charge in [-0.3, -0.25) is 9.48 Å². The Morgan fingerprint density at radius 3 is 2.30 bits per heavy atom. The zero-order valence-corrected chi connectivity index (χ0v) is 12.8. The number of rotatable bonds is 1. The first kappa shape index (κ1) is 13.4. The molecule has 1 aromatic rings. The number of piperidine rings is 1. The van der Waals surface area contributed by atoms with Crippen LogP contribution in [0.4, 0.5) is 0 Å². The number of allylic oxidation sites excluding steroid dienone is 1. The van der Waals surface area contributed by atoms with Crippen LogP contribution in [0.3, 0.4) is 0 Å². The van der Waals surface area contributed by atoms with Crippen LogP contribution in [0.2, 0.25) is 0 Å². The summed E-state index contributed by atoms with van der Waals surface area (Å²) >= 11 is 0. The Balaban J connectivity index is 1.92. The summed E-state index contributed by atoms with van der Waals surface area (Å²) in [4.78, 5) is 15.1. The first-order valence-electron chi connectivity index (χ1n) is 7.49. The fourth-order valence-corrected chi connectivity index (χ4v) is 3.83. The predicted octanol–water partition coefficient (Wildman–Crippen LogP) is 2.75. The number of hydrogen-bond donors (Lipinski definition) is 0. The average molecular weight is 273 g/mol. The van der Waals surface area contributed by atoms with E-state index in [1.54, 1.807) is 0 Å². The highest BCUT2D eigenvalue weighted by Crippen LogP contribution is 2.39. The predicted molar refractivity (Wildman–Crippen MR) is 78.7 cm³/mol. The summed E-state index contributed by atoms with van der Waals surface area (Å²) in [6.07, 6.45) is 6.63. The third-order valence-electron chi connectivity index (χ3n) is 4.98. The normalized spacial score (nSPS) is 25.2. The van der Waals surface area contributed by atoms with Gasteiger partial charge in [0.05, 0.1) is 11.3 Å². The van der Waals surface area contributed by atoms with Crippen molar-refractivity contribution >= 4 is 5.91 Å². The summed E-state index contributed by atoms with van der Waals surface area (Å²) in [6.45, 7) is 6.03. The quantitative estimate of drug-likeness (QED) is 0.738. The number of carbonyl (C=O) groups excluding carboxylic acids is 1. The molecule has 1 amide bonds. The summed E-state index contributed by atoms with van der Waals surface area (Å²) < 4.78 is 1.81. The smallest absolute Gasteiger partial charge is 0.258 e. The van der Waals surface area contributed by atoms with E-state index in [-0.39, 0.29) is 5.91 Å². The third kappa shape index (κ3) is 1.89. The maximum Gasteiger partial charge on any atom is 0.258 e. The summed E-state index contributed by atoms with van der Waals surface area (Å²) in [7, 11) is 1.90. The van der Waals surface area contributed by atoms with Crippen LogP contribution in [0.15, 0.2) is 11.6 Å². The van der Waals surface area contributed by atoms with Crippen LogP contribution in [0.25, 0.3) is 0 Å². The molecule has 108 valence electrons. The Bertz CT molecular complexity index is 569. The van der Waals surface area contributed by atoms with Crippen LogP contribution in [0.5, 0.6) is 0 Å². The van der Waals surface area contributed by atoms with Gasteiger partial charge in [-0.25, -0.2) is 0 Å². The molecule has 0 spiro atoms. The molecule has 0 aromatic carbocycles. The van der Waals surface area contributed by atoms with Crippen LogP contribution >= 0.6 is 0 Å². The van der Waals surface area contributed by atoms with Crippen LogP contribution in [0, 0.1) is 13.8 Å². The van der Waals surface area contributed by atoms with E-state index in [1.807, 2.05) is 25.6 Å². The van der Waals surface area contributed by atoms with Crippen LogP contribution < -0.4 is 0 Å². The zero-order chi connectivity index (χ0) is 14.4.